The van der Waals surface area contributed by atoms with Gasteiger partial charge in [0.15, 0.2) is 0 Å². The van der Waals surface area contributed by atoms with E-state index >= 15 is 0 Å². The molecule has 17 heavy (non-hydrogen) atoms. The molecule has 1 atom stereocenters. The Labute approximate surface area is 106 Å². The van der Waals surface area contributed by atoms with Crippen molar-refractivity contribution in [3.63, 3.8) is 0 Å². The molecule has 0 amide bonds. The van der Waals surface area contributed by atoms with Crippen molar-refractivity contribution in [3.05, 3.63) is 0 Å². The lowest BCUT2D eigenvalue weighted by atomic mass is 9.84. The van der Waals surface area contributed by atoms with Gasteiger partial charge in [-0.3, -0.25) is 0 Å². The Kier molecular flexibility index (Phi) is 5.41. The Morgan fingerprint density at radius 3 is 2.35 bits per heavy atom. The summed E-state index contributed by atoms with van der Waals surface area (Å²) in [5.41, 5.74) is -0.225. The van der Waals surface area contributed by atoms with Crippen LogP contribution in [0.1, 0.15) is 52.9 Å². The van der Waals surface area contributed by atoms with Crippen molar-refractivity contribution in [1.82, 2.24) is 10.0 Å². The monoisotopic (exact) mass is 262 g/mol. The third kappa shape index (κ3) is 4.56. The fourth-order valence-electron chi connectivity index (χ4n) is 2.34. The molecule has 1 rings (SSSR count). The van der Waals surface area contributed by atoms with Gasteiger partial charge in [-0.15, -0.1) is 0 Å². The normalized spacial score (nSPS) is 22.3. The molecule has 0 bridgehead atoms. The Balaban J connectivity index is 2.58. The van der Waals surface area contributed by atoms with Crippen molar-refractivity contribution in [2.45, 2.75) is 63.7 Å². The maximum atomic E-state index is 12.2. The summed E-state index contributed by atoms with van der Waals surface area (Å²) in [6.07, 6.45) is 5.39. The highest BCUT2D eigenvalue weighted by Crippen LogP contribution is 2.28. The Morgan fingerprint density at radius 1 is 1.24 bits per heavy atom. The van der Waals surface area contributed by atoms with Gasteiger partial charge in [-0.1, -0.05) is 26.2 Å². The Hall–Kier alpha value is -0.130. The van der Waals surface area contributed by atoms with Gasteiger partial charge in [0.1, 0.15) is 0 Å². The average Bonchev–Trinajstić information content (AvgIpc) is 2.25. The molecule has 0 radical (unpaired) electrons. The zero-order valence-electron chi connectivity index (χ0n) is 11.3. The third-order valence-corrected chi connectivity index (χ3v) is 5.56. The number of hydrogen-bond donors (Lipinski definition) is 2. The number of nitrogens with one attached hydrogen (secondary N) is 2. The van der Waals surface area contributed by atoms with Gasteiger partial charge >= 0.3 is 0 Å². The standard InChI is InChI=1S/C12H26N2O2S/c1-4-13-10-11(2)17(15,16)14-12(3)8-6-5-7-9-12/h11,13-14H,4-10H2,1-3H3. The molecular formula is C12H26N2O2S. The van der Waals surface area contributed by atoms with Crippen LogP contribution in [0.2, 0.25) is 0 Å². The molecule has 0 aromatic rings. The van der Waals surface area contributed by atoms with Gasteiger partial charge in [0, 0.05) is 12.1 Å². The number of hydrogen-bond acceptors (Lipinski definition) is 3. The minimum atomic E-state index is -3.20. The SMILES string of the molecule is CCNCC(C)S(=O)(=O)NC1(C)CCCCC1. The molecule has 1 aliphatic carbocycles. The van der Waals surface area contributed by atoms with Crippen LogP contribution in [0.3, 0.4) is 0 Å². The van der Waals surface area contributed by atoms with Crippen molar-refractivity contribution in [3.8, 4) is 0 Å². The van der Waals surface area contributed by atoms with E-state index < -0.39 is 10.0 Å². The van der Waals surface area contributed by atoms with Crippen molar-refractivity contribution < 1.29 is 8.42 Å². The largest absolute Gasteiger partial charge is 0.316 e. The van der Waals surface area contributed by atoms with Crippen LogP contribution in [0.25, 0.3) is 0 Å². The maximum absolute atomic E-state index is 12.2. The van der Waals surface area contributed by atoms with Crippen LogP contribution in [0, 0.1) is 0 Å². The highest BCUT2D eigenvalue weighted by molar-refractivity contribution is 7.90. The van der Waals surface area contributed by atoms with Crippen LogP contribution < -0.4 is 10.0 Å². The highest BCUT2D eigenvalue weighted by Gasteiger charge is 2.33. The lowest BCUT2D eigenvalue weighted by Gasteiger charge is -2.35. The van der Waals surface area contributed by atoms with Gasteiger partial charge in [-0.25, -0.2) is 13.1 Å². The molecule has 4 nitrogen and oxygen atoms in total. The summed E-state index contributed by atoms with van der Waals surface area (Å²) in [6, 6.07) is 0. The molecular weight excluding hydrogens is 236 g/mol. The molecule has 0 spiro atoms. The molecule has 2 N–H and O–H groups in total. The second-order valence-corrected chi connectivity index (χ2v) is 7.49. The third-order valence-electron chi connectivity index (χ3n) is 3.56. The smallest absolute Gasteiger partial charge is 0.215 e. The van der Waals surface area contributed by atoms with Crippen LogP contribution in [0.15, 0.2) is 0 Å². The summed E-state index contributed by atoms with van der Waals surface area (Å²) in [4.78, 5) is 0. The summed E-state index contributed by atoms with van der Waals surface area (Å²) < 4.78 is 27.2. The van der Waals surface area contributed by atoms with Gasteiger partial charge in [-0.2, -0.15) is 0 Å². The van der Waals surface area contributed by atoms with Crippen molar-refractivity contribution in [1.29, 1.82) is 0 Å². The van der Waals surface area contributed by atoms with E-state index in [0.717, 1.165) is 32.2 Å². The molecule has 0 aromatic carbocycles. The molecule has 1 aliphatic rings. The first-order valence-corrected chi connectivity index (χ1v) is 8.18. The van der Waals surface area contributed by atoms with E-state index in [9.17, 15) is 8.42 Å². The molecule has 5 heteroatoms. The zero-order valence-corrected chi connectivity index (χ0v) is 12.1. The van der Waals surface area contributed by atoms with Gasteiger partial charge in [0.2, 0.25) is 10.0 Å². The molecule has 0 saturated heterocycles. The van der Waals surface area contributed by atoms with Crippen LogP contribution in [-0.2, 0) is 10.0 Å². The lowest BCUT2D eigenvalue weighted by molar-refractivity contribution is 0.293. The average molecular weight is 262 g/mol. The van der Waals surface area contributed by atoms with E-state index in [2.05, 4.69) is 10.0 Å². The van der Waals surface area contributed by atoms with Gasteiger partial charge < -0.3 is 5.32 Å². The predicted molar refractivity (Wildman–Crippen MR) is 71.6 cm³/mol. The molecule has 1 fully saturated rings. The topological polar surface area (TPSA) is 58.2 Å². The van der Waals surface area contributed by atoms with E-state index in [0.29, 0.717) is 6.54 Å². The number of sulfonamides is 1. The van der Waals surface area contributed by atoms with Gasteiger partial charge in [-0.05, 0) is 33.2 Å². The van der Waals surface area contributed by atoms with Crippen molar-refractivity contribution >= 4 is 10.0 Å². The summed E-state index contributed by atoms with van der Waals surface area (Å²) in [7, 11) is -3.20. The summed E-state index contributed by atoms with van der Waals surface area (Å²) in [5, 5.41) is 2.71. The summed E-state index contributed by atoms with van der Waals surface area (Å²) >= 11 is 0. The molecule has 1 unspecified atom stereocenters. The summed E-state index contributed by atoms with van der Waals surface area (Å²) in [5.74, 6) is 0. The predicted octanol–water partition coefficient (Wildman–Crippen LogP) is 1.63. The Morgan fingerprint density at radius 2 is 1.82 bits per heavy atom. The number of rotatable bonds is 6. The first kappa shape index (κ1) is 14.9. The van der Waals surface area contributed by atoms with Crippen LogP contribution in [0.4, 0.5) is 0 Å². The highest BCUT2D eigenvalue weighted by atomic mass is 32.2. The first-order valence-electron chi connectivity index (χ1n) is 6.63. The molecule has 0 heterocycles. The van der Waals surface area contributed by atoms with Gasteiger partial charge in [0.25, 0.3) is 0 Å². The first-order chi connectivity index (χ1) is 7.90. The van der Waals surface area contributed by atoms with Gasteiger partial charge in [0.05, 0.1) is 5.25 Å². The second-order valence-electron chi connectivity index (χ2n) is 5.39. The van der Waals surface area contributed by atoms with E-state index in [-0.39, 0.29) is 10.8 Å². The zero-order chi connectivity index (χ0) is 12.9. The minimum absolute atomic E-state index is 0.225. The fraction of sp³-hybridized carbons (Fsp3) is 1.00. The van der Waals surface area contributed by atoms with Crippen molar-refractivity contribution in [2.75, 3.05) is 13.1 Å². The second kappa shape index (κ2) is 6.16. The Bertz CT molecular complexity index is 321. The molecule has 1 saturated carbocycles. The van der Waals surface area contributed by atoms with E-state index in [4.69, 9.17) is 0 Å². The maximum Gasteiger partial charge on any atom is 0.215 e. The quantitative estimate of drug-likeness (QED) is 0.765. The van der Waals surface area contributed by atoms with E-state index in [1.54, 1.807) is 6.92 Å². The van der Waals surface area contributed by atoms with E-state index in [1.807, 2.05) is 13.8 Å². The van der Waals surface area contributed by atoms with E-state index in [1.165, 1.54) is 6.42 Å². The van der Waals surface area contributed by atoms with Crippen molar-refractivity contribution in [2.24, 2.45) is 0 Å². The van der Waals surface area contributed by atoms with Crippen LogP contribution in [-0.4, -0.2) is 32.3 Å². The van der Waals surface area contributed by atoms with Crippen LogP contribution in [0.5, 0.6) is 0 Å². The lowest BCUT2D eigenvalue weighted by Crippen LogP contribution is -2.51. The fourth-order valence-corrected chi connectivity index (χ4v) is 3.76. The summed E-state index contributed by atoms with van der Waals surface area (Å²) in [6.45, 7) is 7.09. The molecule has 0 aromatic heterocycles. The van der Waals surface area contributed by atoms with Crippen LogP contribution >= 0.6 is 0 Å². The minimum Gasteiger partial charge on any atom is -0.316 e. The molecule has 0 aliphatic heterocycles. The molecule has 102 valence electrons.